The van der Waals surface area contributed by atoms with Gasteiger partial charge in [-0.15, -0.1) is 0 Å². The lowest BCUT2D eigenvalue weighted by Gasteiger charge is -2.19. The lowest BCUT2D eigenvalue weighted by atomic mass is 9.97. The zero-order valence-electron chi connectivity index (χ0n) is 31.2. The summed E-state index contributed by atoms with van der Waals surface area (Å²) >= 11 is 0. The fraction of sp³-hybridized carbons (Fsp3) is 0.0400. The van der Waals surface area contributed by atoms with Crippen LogP contribution in [0, 0.1) is 11.3 Å². The molecule has 10 rings (SSSR count). The molecule has 0 atom stereocenters. The average molecular weight is 799 g/mol. The van der Waals surface area contributed by atoms with Crippen LogP contribution in [0.2, 0.25) is 0 Å². The summed E-state index contributed by atoms with van der Waals surface area (Å²) in [5.41, 5.74) is 5.68. The molecule has 0 fully saturated rings. The van der Waals surface area contributed by atoms with Crippen LogP contribution in [0.4, 0.5) is 26.3 Å². The van der Waals surface area contributed by atoms with Crippen molar-refractivity contribution in [3.05, 3.63) is 187 Å². The van der Waals surface area contributed by atoms with Gasteiger partial charge in [-0.2, -0.15) is 31.6 Å². The van der Waals surface area contributed by atoms with Gasteiger partial charge in [-0.25, -0.2) is 4.98 Å². The van der Waals surface area contributed by atoms with Gasteiger partial charge in [-0.05, 0) is 83.9 Å². The van der Waals surface area contributed by atoms with Crippen LogP contribution in [0.3, 0.4) is 0 Å². The summed E-state index contributed by atoms with van der Waals surface area (Å²) in [6, 6.07) is 50.6. The molecule has 0 aliphatic heterocycles. The number of hydrogen-bond acceptors (Lipinski definition) is 2. The molecule has 3 heterocycles. The Morgan fingerprint density at radius 1 is 0.400 bits per heavy atom. The van der Waals surface area contributed by atoms with E-state index in [1.807, 2.05) is 84.9 Å². The number of para-hydroxylation sites is 2. The maximum absolute atomic E-state index is 14.2. The van der Waals surface area contributed by atoms with Crippen molar-refractivity contribution in [2.75, 3.05) is 0 Å². The first-order valence-electron chi connectivity index (χ1n) is 18.9. The Bertz CT molecular complexity index is 3140. The highest BCUT2D eigenvalue weighted by molar-refractivity contribution is 6.11. The topological polar surface area (TPSA) is 46.5 Å². The van der Waals surface area contributed by atoms with Crippen molar-refractivity contribution in [2.24, 2.45) is 0 Å². The molecule has 290 valence electrons. The number of hydrogen-bond donors (Lipinski definition) is 0. The first-order valence-corrected chi connectivity index (χ1v) is 18.9. The molecule has 0 bridgehead atoms. The normalized spacial score (nSPS) is 12.2. The third kappa shape index (κ3) is 6.05. The van der Waals surface area contributed by atoms with Gasteiger partial charge in [-0.1, -0.05) is 97.1 Å². The molecule has 3 aromatic heterocycles. The van der Waals surface area contributed by atoms with E-state index in [1.54, 1.807) is 57.7 Å². The number of nitriles is 1. The van der Waals surface area contributed by atoms with E-state index in [1.165, 1.54) is 12.1 Å². The summed E-state index contributed by atoms with van der Waals surface area (Å²) in [7, 11) is 0. The summed E-state index contributed by atoms with van der Waals surface area (Å²) in [5.74, 6) is 0. The number of fused-ring (bicyclic) bond motifs is 6. The molecule has 0 radical (unpaired) electrons. The summed E-state index contributed by atoms with van der Waals surface area (Å²) < 4.78 is 88.5. The van der Waals surface area contributed by atoms with Crippen LogP contribution in [0.5, 0.6) is 0 Å². The van der Waals surface area contributed by atoms with Crippen LogP contribution >= 0.6 is 0 Å². The Kier molecular flexibility index (Phi) is 8.40. The zero-order chi connectivity index (χ0) is 41.3. The van der Waals surface area contributed by atoms with Crippen molar-refractivity contribution < 1.29 is 26.3 Å². The second kappa shape index (κ2) is 13.7. The smallest absolute Gasteiger partial charge is 0.308 e. The van der Waals surface area contributed by atoms with Crippen molar-refractivity contribution in [3.8, 4) is 51.1 Å². The Morgan fingerprint density at radius 2 is 0.783 bits per heavy atom. The van der Waals surface area contributed by atoms with Crippen LogP contribution in [-0.4, -0.2) is 14.1 Å². The molecule has 0 saturated carbocycles. The summed E-state index contributed by atoms with van der Waals surface area (Å²) in [6.45, 7) is 0. The van der Waals surface area contributed by atoms with Gasteiger partial charge in [-0.3, -0.25) is 0 Å². The Morgan fingerprint density at radius 3 is 1.20 bits per heavy atom. The second-order valence-corrected chi connectivity index (χ2v) is 14.5. The minimum absolute atomic E-state index is 0.157. The molecular weight excluding hydrogens is 771 g/mol. The highest BCUT2D eigenvalue weighted by atomic mass is 19.4. The first kappa shape index (κ1) is 36.7. The highest BCUT2D eigenvalue weighted by Crippen LogP contribution is 2.43. The van der Waals surface area contributed by atoms with Crippen molar-refractivity contribution >= 4 is 43.6 Å². The fourth-order valence-corrected chi connectivity index (χ4v) is 8.27. The fourth-order valence-electron chi connectivity index (χ4n) is 8.27. The van der Waals surface area contributed by atoms with E-state index in [0.717, 1.165) is 41.0 Å². The van der Waals surface area contributed by atoms with Gasteiger partial charge >= 0.3 is 12.4 Å². The molecule has 0 aliphatic carbocycles. The van der Waals surface area contributed by atoms with Gasteiger partial charge in [0.2, 0.25) is 0 Å². The molecule has 7 aromatic carbocycles. The third-order valence-corrected chi connectivity index (χ3v) is 11.0. The summed E-state index contributed by atoms with van der Waals surface area (Å²) in [5, 5.41) is 13.0. The Balaban J connectivity index is 1.35. The van der Waals surface area contributed by atoms with Crippen molar-refractivity contribution in [1.29, 1.82) is 5.26 Å². The van der Waals surface area contributed by atoms with E-state index in [9.17, 15) is 31.6 Å². The maximum Gasteiger partial charge on any atom is 0.416 e. The van der Waals surface area contributed by atoms with Gasteiger partial charge < -0.3 is 9.13 Å². The molecule has 0 aliphatic rings. The number of pyridine rings is 1. The minimum atomic E-state index is -4.60. The Labute approximate surface area is 338 Å². The van der Waals surface area contributed by atoms with E-state index in [0.29, 0.717) is 71.9 Å². The molecule has 0 amide bonds. The molecule has 0 saturated heterocycles. The quantitative estimate of drug-likeness (QED) is 0.163. The highest BCUT2D eigenvalue weighted by Gasteiger charge is 2.33. The number of alkyl halides is 6. The van der Waals surface area contributed by atoms with E-state index >= 15 is 0 Å². The molecule has 10 heteroatoms. The lowest BCUT2D eigenvalue weighted by Crippen LogP contribution is -2.07. The van der Waals surface area contributed by atoms with Crippen LogP contribution in [0.15, 0.2) is 170 Å². The summed E-state index contributed by atoms with van der Waals surface area (Å²) in [6.07, 6.45) is -9.20. The molecule has 0 N–H and O–H groups in total. The van der Waals surface area contributed by atoms with Crippen molar-refractivity contribution in [3.63, 3.8) is 0 Å². The molecular formula is C50H28F6N4. The van der Waals surface area contributed by atoms with Gasteiger partial charge in [0.25, 0.3) is 0 Å². The van der Waals surface area contributed by atoms with Gasteiger partial charge in [0.05, 0.1) is 56.0 Å². The van der Waals surface area contributed by atoms with Crippen LogP contribution in [-0.2, 0) is 12.4 Å². The zero-order valence-corrected chi connectivity index (χ0v) is 31.2. The standard InChI is InChI=1S/C50H28F6N4/c51-49(52,53)34-19-21-45-38(27-34)36-15-7-9-17-43(36)59(45)47-25-33(32-23-41(30-11-3-1-4-12-30)58-42(24-32)31-13-5-2-6-14-31)26-48(40(47)29-57)60-44-18-10-8-16-37(44)39-28-35(50(54,55)56)20-22-46(39)60/h1-28H. The van der Waals surface area contributed by atoms with E-state index in [-0.39, 0.29) is 5.56 Å². The molecule has 0 unspecified atom stereocenters. The van der Waals surface area contributed by atoms with Crippen LogP contribution in [0.1, 0.15) is 16.7 Å². The van der Waals surface area contributed by atoms with Crippen molar-refractivity contribution in [2.45, 2.75) is 12.4 Å². The number of halogens is 6. The van der Waals surface area contributed by atoms with E-state index < -0.39 is 23.5 Å². The number of aromatic nitrogens is 3. The lowest BCUT2D eigenvalue weighted by molar-refractivity contribution is -0.138. The molecule has 10 aromatic rings. The second-order valence-electron chi connectivity index (χ2n) is 14.5. The predicted octanol–water partition coefficient (Wildman–Crippen LogP) is 14.2. The summed E-state index contributed by atoms with van der Waals surface area (Å²) in [4.78, 5) is 5.05. The van der Waals surface area contributed by atoms with Crippen LogP contribution in [0.25, 0.3) is 88.6 Å². The van der Waals surface area contributed by atoms with Crippen LogP contribution < -0.4 is 0 Å². The SMILES string of the molecule is N#Cc1c(-n2c3ccccc3c3cc(C(F)(F)F)ccc32)cc(-c2cc(-c3ccccc3)nc(-c3ccccc3)c2)cc1-n1c2ccccc2c2cc(C(F)(F)F)ccc21. The number of benzene rings is 7. The molecule has 60 heavy (non-hydrogen) atoms. The third-order valence-electron chi connectivity index (χ3n) is 11.0. The Hall–Kier alpha value is -7.64. The van der Waals surface area contributed by atoms with Gasteiger partial charge in [0, 0.05) is 32.7 Å². The number of nitrogens with zero attached hydrogens (tertiary/aromatic N) is 4. The van der Waals surface area contributed by atoms with Gasteiger partial charge in [0.1, 0.15) is 11.6 Å². The predicted molar refractivity (Wildman–Crippen MR) is 224 cm³/mol. The number of rotatable bonds is 5. The van der Waals surface area contributed by atoms with Crippen molar-refractivity contribution in [1.82, 2.24) is 14.1 Å². The largest absolute Gasteiger partial charge is 0.416 e. The minimum Gasteiger partial charge on any atom is -0.308 e. The first-order chi connectivity index (χ1) is 29.0. The van der Waals surface area contributed by atoms with E-state index in [2.05, 4.69) is 6.07 Å². The average Bonchev–Trinajstić information content (AvgIpc) is 3.78. The van der Waals surface area contributed by atoms with E-state index in [4.69, 9.17) is 4.98 Å². The molecule has 4 nitrogen and oxygen atoms in total. The van der Waals surface area contributed by atoms with Gasteiger partial charge in [0.15, 0.2) is 0 Å². The molecule has 0 spiro atoms. The monoisotopic (exact) mass is 798 g/mol. The maximum atomic E-state index is 14.2.